The minimum Gasteiger partial charge on any atom is -0.336 e. The summed E-state index contributed by atoms with van der Waals surface area (Å²) in [5, 5.41) is 0. The third kappa shape index (κ3) is 3.55. The van der Waals surface area contributed by atoms with Crippen LogP contribution in [0.15, 0.2) is 30.3 Å². The number of carbonyl (C=O) groups excluding carboxylic acids is 1. The van der Waals surface area contributed by atoms with Crippen LogP contribution >= 0.6 is 0 Å². The molecule has 1 heterocycles. The van der Waals surface area contributed by atoms with Crippen LogP contribution in [-0.2, 0) is 11.3 Å². The smallest absolute Gasteiger partial charge is 0.239 e. The number of hydrogen-bond donors (Lipinski definition) is 1. The SMILES string of the molecule is CC1CN(Cc2ccccc2)CCN1C(=O)[C@@H](C)N. The molecule has 1 aliphatic rings. The number of amides is 1. The number of hydrogen-bond acceptors (Lipinski definition) is 3. The van der Waals surface area contributed by atoms with E-state index in [1.165, 1.54) is 5.56 Å². The molecule has 1 amide bonds. The van der Waals surface area contributed by atoms with Crippen LogP contribution in [-0.4, -0.2) is 47.4 Å². The molecule has 1 unspecified atom stereocenters. The van der Waals surface area contributed by atoms with Gasteiger partial charge in [-0.3, -0.25) is 9.69 Å². The normalized spacial score (nSPS) is 22.3. The van der Waals surface area contributed by atoms with Crippen LogP contribution in [0, 0.1) is 0 Å². The molecule has 0 saturated carbocycles. The molecule has 4 nitrogen and oxygen atoms in total. The second-order valence-electron chi connectivity index (χ2n) is 5.39. The van der Waals surface area contributed by atoms with Crippen molar-refractivity contribution in [2.24, 2.45) is 5.73 Å². The van der Waals surface area contributed by atoms with Gasteiger partial charge in [-0.15, -0.1) is 0 Å². The topological polar surface area (TPSA) is 49.6 Å². The van der Waals surface area contributed by atoms with E-state index in [1.807, 2.05) is 11.0 Å². The van der Waals surface area contributed by atoms with E-state index >= 15 is 0 Å². The first-order valence-corrected chi connectivity index (χ1v) is 6.90. The van der Waals surface area contributed by atoms with E-state index in [9.17, 15) is 4.79 Å². The maximum atomic E-state index is 12.0. The Balaban J connectivity index is 1.91. The van der Waals surface area contributed by atoms with Gasteiger partial charge >= 0.3 is 0 Å². The molecule has 2 N–H and O–H groups in total. The van der Waals surface area contributed by atoms with Crippen molar-refractivity contribution in [1.29, 1.82) is 0 Å². The van der Waals surface area contributed by atoms with Gasteiger partial charge in [0, 0.05) is 32.2 Å². The van der Waals surface area contributed by atoms with E-state index in [0.717, 1.165) is 26.2 Å². The Bertz CT molecular complexity index is 419. The Hall–Kier alpha value is -1.39. The lowest BCUT2D eigenvalue weighted by Gasteiger charge is -2.40. The summed E-state index contributed by atoms with van der Waals surface area (Å²) in [6.45, 7) is 7.40. The first-order valence-electron chi connectivity index (χ1n) is 6.90. The van der Waals surface area contributed by atoms with Crippen LogP contribution in [0.25, 0.3) is 0 Å². The van der Waals surface area contributed by atoms with E-state index in [2.05, 4.69) is 36.1 Å². The molecule has 0 aliphatic carbocycles. The lowest BCUT2D eigenvalue weighted by molar-refractivity contribution is -0.136. The largest absolute Gasteiger partial charge is 0.336 e. The minimum atomic E-state index is -0.400. The second-order valence-corrected chi connectivity index (χ2v) is 5.39. The fraction of sp³-hybridized carbons (Fsp3) is 0.533. The van der Waals surface area contributed by atoms with Crippen molar-refractivity contribution in [3.05, 3.63) is 35.9 Å². The van der Waals surface area contributed by atoms with Crippen molar-refractivity contribution in [2.45, 2.75) is 32.5 Å². The van der Waals surface area contributed by atoms with E-state index in [-0.39, 0.29) is 11.9 Å². The fourth-order valence-electron chi connectivity index (χ4n) is 2.61. The van der Waals surface area contributed by atoms with E-state index in [4.69, 9.17) is 5.73 Å². The molecule has 1 fully saturated rings. The molecule has 4 heteroatoms. The van der Waals surface area contributed by atoms with Gasteiger partial charge in [0.2, 0.25) is 5.91 Å². The predicted octanol–water partition coefficient (Wildman–Crippen LogP) is 1.07. The summed E-state index contributed by atoms with van der Waals surface area (Å²) in [5.74, 6) is 0.0619. The van der Waals surface area contributed by atoms with E-state index < -0.39 is 6.04 Å². The number of nitrogens with two attached hydrogens (primary N) is 1. The van der Waals surface area contributed by atoms with Gasteiger partial charge in [0.15, 0.2) is 0 Å². The lowest BCUT2D eigenvalue weighted by Crippen LogP contribution is -2.56. The summed E-state index contributed by atoms with van der Waals surface area (Å²) < 4.78 is 0. The molecule has 2 rings (SSSR count). The Kier molecular flexibility index (Phi) is 4.56. The monoisotopic (exact) mass is 261 g/mol. The number of benzene rings is 1. The summed E-state index contributed by atoms with van der Waals surface area (Å²) in [7, 11) is 0. The summed E-state index contributed by atoms with van der Waals surface area (Å²) in [6, 6.07) is 10.3. The highest BCUT2D eigenvalue weighted by molar-refractivity contribution is 5.81. The van der Waals surface area contributed by atoms with Gasteiger partial charge in [0.05, 0.1) is 6.04 Å². The van der Waals surface area contributed by atoms with Gasteiger partial charge < -0.3 is 10.6 Å². The predicted molar refractivity (Wildman–Crippen MR) is 76.5 cm³/mol. The molecule has 1 saturated heterocycles. The molecule has 2 atom stereocenters. The highest BCUT2D eigenvalue weighted by atomic mass is 16.2. The van der Waals surface area contributed by atoms with Crippen molar-refractivity contribution in [2.75, 3.05) is 19.6 Å². The summed E-state index contributed by atoms with van der Waals surface area (Å²) >= 11 is 0. The van der Waals surface area contributed by atoms with E-state index in [0.29, 0.717) is 0 Å². The van der Waals surface area contributed by atoms with Crippen LogP contribution < -0.4 is 5.73 Å². The van der Waals surface area contributed by atoms with Gasteiger partial charge in [-0.05, 0) is 19.4 Å². The van der Waals surface area contributed by atoms with Crippen molar-refractivity contribution in [1.82, 2.24) is 9.80 Å². The average Bonchev–Trinajstić information content (AvgIpc) is 2.39. The average molecular weight is 261 g/mol. The third-order valence-corrected chi connectivity index (χ3v) is 3.63. The van der Waals surface area contributed by atoms with E-state index in [1.54, 1.807) is 6.92 Å². The van der Waals surface area contributed by atoms with Crippen LogP contribution in [0.1, 0.15) is 19.4 Å². The zero-order valence-corrected chi connectivity index (χ0v) is 11.7. The Morgan fingerprint density at radius 2 is 2.05 bits per heavy atom. The van der Waals surface area contributed by atoms with Crippen LogP contribution in [0.4, 0.5) is 0 Å². The molecule has 104 valence electrons. The quantitative estimate of drug-likeness (QED) is 0.885. The number of nitrogens with zero attached hydrogens (tertiary/aromatic N) is 2. The standard InChI is InChI=1S/C15H23N3O/c1-12-10-17(11-14-6-4-3-5-7-14)8-9-18(12)15(19)13(2)16/h3-7,12-13H,8-11,16H2,1-2H3/t12?,13-/m1/s1. The summed E-state index contributed by atoms with van der Waals surface area (Å²) in [5.41, 5.74) is 7.00. The Morgan fingerprint density at radius 3 is 2.63 bits per heavy atom. The maximum Gasteiger partial charge on any atom is 0.239 e. The first-order chi connectivity index (χ1) is 9.08. The molecular formula is C15H23N3O. The van der Waals surface area contributed by atoms with Crippen molar-refractivity contribution in [3.8, 4) is 0 Å². The molecule has 1 aliphatic heterocycles. The second kappa shape index (κ2) is 6.17. The summed E-state index contributed by atoms with van der Waals surface area (Å²) in [6.07, 6.45) is 0. The van der Waals surface area contributed by atoms with Gasteiger partial charge in [-0.1, -0.05) is 30.3 Å². The molecule has 1 aromatic carbocycles. The molecule has 19 heavy (non-hydrogen) atoms. The van der Waals surface area contributed by atoms with Gasteiger partial charge in [0.25, 0.3) is 0 Å². The Morgan fingerprint density at radius 1 is 1.37 bits per heavy atom. The molecule has 0 spiro atoms. The van der Waals surface area contributed by atoms with Crippen molar-refractivity contribution in [3.63, 3.8) is 0 Å². The third-order valence-electron chi connectivity index (χ3n) is 3.63. The first kappa shape index (κ1) is 14.0. The zero-order chi connectivity index (χ0) is 13.8. The highest BCUT2D eigenvalue weighted by Crippen LogP contribution is 2.13. The van der Waals surface area contributed by atoms with Crippen molar-refractivity contribution >= 4 is 5.91 Å². The Labute approximate surface area is 115 Å². The molecule has 0 radical (unpaired) electrons. The minimum absolute atomic E-state index is 0.0619. The number of piperazine rings is 1. The molecular weight excluding hydrogens is 238 g/mol. The van der Waals surface area contributed by atoms with Gasteiger partial charge in [-0.2, -0.15) is 0 Å². The number of rotatable bonds is 3. The molecule has 0 bridgehead atoms. The van der Waals surface area contributed by atoms with Crippen LogP contribution in [0.5, 0.6) is 0 Å². The maximum absolute atomic E-state index is 12.0. The fourth-order valence-corrected chi connectivity index (χ4v) is 2.61. The zero-order valence-electron chi connectivity index (χ0n) is 11.7. The molecule has 1 aromatic rings. The van der Waals surface area contributed by atoms with Crippen LogP contribution in [0.3, 0.4) is 0 Å². The summed E-state index contributed by atoms with van der Waals surface area (Å²) in [4.78, 5) is 16.3. The number of carbonyl (C=O) groups is 1. The van der Waals surface area contributed by atoms with Crippen molar-refractivity contribution < 1.29 is 4.79 Å². The lowest BCUT2D eigenvalue weighted by atomic mass is 10.1. The highest BCUT2D eigenvalue weighted by Gasteiger charge is 2.28. The molecule has 0 aromatic heterocycles. The van der Waals surface area contributed by atoms with Crippen LogP contribution in [0.2, 0.25) is 0 Å². The van der Waals surface area contributed by atoms with Gasteiger partial charge in [0.1, 0.15) is 0 Å². The van der Waals surface area contributed by atoms with Gasteiger partial charge in [-0.25, -0.2) is 0 Å².